The molecule has 0 radical (unpaired) electrons. The first-order valence-electron chi connectivity index (χ1n) is 10.2. The van der Waals surface area contributed by atoms with Gasteiger partial charge in [-0.25, -0.2) is 4.57 Å². The van der Waals surface area contributed by atoms with Crippen molar-refractivity contribution in [1.82, 2.24) is 0 Å². The Bertz CT molecular complexity index is 648. The van der Waals surface area contributed by atoms with Crippen LogP contribution in [0.15, 0.2) is 35.5 Å². The van der Waals surface area contributed by atoms with Crippen LogP contribution in [0.3, 0.4) is 0 Å². The minimum atomic E-state index is -3.63. The first-order valence-corrected chi connectivity index (χ1v) is 11.7. The van der Waals surface area contributed by atoms with Crippen LogP contribution in [0.1, 0.15) is 71.3 Å². The molecule has 7 heteroatoms. The number of nitrogens with zero attached hydrogens (tertiary/aromatic N) is 1. The number of hydrogen-bond donors (Lipinski definition) is 0. The van der Waals surface area contributed by atoms with E-state index in [-0.39, 0.29) is 18.1 Å². The normalized spacial score (nSPS) is 19.1. The van der Waals surface area contributed by atoms with Crippen molar-refractivity contribution < 1.29 is 23.0 Å². The van der Waals surface area contributed by atoms with E-state index in [1.807, 2.05) is 45.9 Å². The number of unbranched alkanes of at least 4 members (excludes halogenated alkanes) is 2. The Labute approximate surface area is 169 Å². The van der Waals surface area contributed by atoms with E-state index in [0.29, 0.717) is 18.9 Å². The molecule has 0 saturated heterocycles. The molecule has 1 heterocycles. The van der Waals surface area contributed by atoms with Gasteiger partial charge in [0.2, 0.25) is 0 Å². The van der Waals surface area contributed by atoms with Crippen LogP contribution in [0.25, 0.3) is 0 Å². The van der Waals surface area contributed by atoms with E-state index in [1.165, 1.54) is 0 Å². The van der Waals surface area contributed by atoms with E-state index in [4.69, 9.17) is 18.4 Å². The van der Waals surface area contributed by atoms with E-state index >= 15 is 0 Å². The molecule has 1 aromatic carbocycles. The summed E-state index contributed by atoms with van der Waals surface area (Å²) in [6.07, 6.45) is 4.25. The van der Waals surface area contributed by atoms with E-state index in [1.54, 1.807) is 0 Å². The van der Waals surface area contributed by atoms with Crippen LogP contribution in [0.2, 0.25) is 0 Å². The van der Waals surface area contributed by atoms with E-state index in [9.17, 15) is 4.57 Å². The Morgan fingerprint density at radius 1 is 1.07 bits per heavy atom. The highest BCUT2D eigenvalue weighted by atomic mass is 31.2. The molecule has 0 spiro atoms. The van der Waals surface area contributed by atoms with Crippen LogP contribution >= 0.6 is 7.82 Å². The second-order valence-corrected chi connectivity index (χ2v) is 9.36. The van der Waals surface area contributed by atoms with E-state index < -0.39 is 7.82 Å². The average molecular weight is 411 g/mol. The summed E-state index contributed by atoms with van der Waals surface area (Å²) < 4.78 is 29.7. The molecule has 1 unspecified atom stereocenters. The van der Waals surface area contributed by atoms with Crippen LogP contribution < -0.4 is 0 Å². The molecule has 28 heavy (non-hydrogen) atoms. The highest BCUT2D eigenvalue weighted by Crippen LogP contribution is 2.50. The molecule has 0 N–H and O–H groups in total. The van der Waals surface area contributed by atoms with E-state index in [0.717, 1.165) is 37.7 Å². The molecule has 0 fully saturated rings. The molecular weight excluding hydrogens is 377 g/mol. The maximum Gasteiger partial charge on any atom is 0.475 e. The van der Waals surface area contributed by atoms with Gasteiger partial charge in [0.25, 0.3) is 0 Å². The minimum Gasteiger partial charge on any atom is -0.390 e. The zero-order valence-electron chi connectivity index (χ0n) is 17.6. The second-order valence-electron chi connectivity index (χ2n) is 7.70. The number of benzene rings is 1. The zero-order valence-corrected chi connectivity index (χ0v) is 18.5. The van der Waals surface area contributed by atoms with Crippen LogP contribution in [0.4, 0.5) is 0 Å². The largest absolute Gasteiger partial charge is 0.475 e. The molecule has 0 aromatic heterocycles. The number of hydrogen-bond acceptors (Lipinski definition) is 6. The van der Waals surface area contributed by atoms with Crippen molar-refractivity contribution in [1.29, 1.82) is 0 Å². The van der Waals surface area contributed by atoms with Crippen molar-refractivity contribution in [2.45, 2.75) is 71.3 Å². The maximum absolute atomic E-state index is 13.0. The van der Waals surface area contributed by atoms with Gasteiger partial charge in [0.05, 0.1) is 18.9 Å². The SMILES string of the molecule is CCCCOP(=O)(OCCCC)OCC1=NOC(C)(C)CC1c1ccccc1. The van der Waals surface area contributed by atoms with Gasteiger partial charge < -0.3 is 4.84 Å². The van der Waals surface area contributed by atoms with Crippen molar-refractivity contribution in [2.24, 2.45) is 5.16 Å². The highest BCUT2D eigenvalue weighted by Gasteiger charge is 2.36. The van der Waals surface area contributed by atoms with Gasteiger partial charge in [0, 0.05) is 12.3 Å². The zero-order chi connectivity index (χ0) is 20.5. The smallest absolute Gasteiger partial charge is 0.390 e. The molecule has 1 atom stereocenters. The molecule has 6 nitrogen and oxygen atoms in total. The summed E-state index contributed by atoms with van der Waals surface area (Å²) in [5.74, 6) is 0.0321. The Balaban J connectivity index is 2.09. The van der Waals surface area contributed by atoms with Gasteiger partial charge in [-0.2, -0.15) is 0 Å². The first-order chi connectivity index (χ1) is 13.4. The Morgan fingerprint density at radius 3 is 2.25 bits per heavy atom. The minimum absolute atomic E-state index is 0.0321. The quantitative estimate of drug-likeness (QED) is 0.308. The lowest BCUT2D eigenvalue weighted by Gasteiger charge is -2.34. The fourth-order valence-corrected chi connectivity index (χ4v) is 4.13. The summed E-state index contributed by atoms with van der Waals surface area (Å²) in [5, 5.41) is 4.30. The third kappa shape index (κ3) is 7.32. The maximum atomic E-state index is 13.0. The van der Waals surface area contributed by atoms with Crippen molar-refractivity contribution in [3.05, 3.63) is 35.9 Å². The Hall–Kier alpha value is -1.20. The van der Waals surface area contributed by atoms with Gasteiger partial charge in [0.1, 0.15) is 12.2 Å². The lowest BCUT2D eigenvalue weighted by atomic mass is 9.84. The molecule has 2 rings (SSSR count). The summed E-state index contributed by atoms with van der Waals surface area (Å²) in [6.45, 7) is 8.86. The molecule has 0 bridgehead atoms. The summed E-state index contributed by atoms with van der Waals surface area (Å²) in [6, 6.07) is 10.1. The Morgan fingerprint density at radius 2 is 1.68 bits per heavy atom. The fraction of sp³-hybridized carbons (Fsp3) is 0.667. The Kier molecular flexibility index (Phi) is 9.16. The van der Waals surface area contributed by atoms with Crippen LogP contribution in [0.5, 0.6) is 0 Å². The summed E-state index contributed by atoms with van der Waals surface area (Å²) in [5.41, 5.74) is 1.46. The summed E-state index contributed by atoms with van der Waals surface area (Å²) in [7, 11) is -3.63. The number of rotatable bonds is 12. The average Bonchev–Trinajstić information content (AvgIpc) is 2.68. The molecule has 0 aliphatic carbocycles. The van der Waals surface area contributed by atoms with Crippen molar-refractivity contribution in [3.63, 3.8) is 0 Å². The molecule has 0 amide bonds. The summed E-state index contributed by atoms with van der Waals surface area (Å²) >= 11 is 0. The van der Waals surface area contributed by atoms with Crippen molar-refractivity contribution in [3.8, 4) is 0 Å². The van der Waals surface area contributed by atoms with Crippen LogP contribution in [-0.2, 0) is 23.0 Å². The topological polar surface area (TPSA) is 66.4 Å². The fourth-order valence-electron chi connectivity index (χ4n) is 2.91. The number of phosphoric acid groups is 1. The van der Waals surface area contributed by atoms with Gasteiger partial charge in [-0.3, -0.25) is 13.6 Å². The van der Waals surface area contributed by atoms with Gasteiger partial charge >= 0.3 is 7.82 Å². The predicted molar refractivity (Wildman–Crippen MR) is 112 cm³/mol. The lowest BCUT2D eigenvalue weighted by Crippen LogP contribution is -2.35. The van der Waals surface area contributed by atoms with Gasteiger partial charge in [-0.1, -0.05) is 62.2 Å². The molecular formula is C21H34NO5P. The number of phosphoric ester groups is 1. The molecule has 1 aliphatic heterocycles. The van der Waals surface area contributed by atoms with E-state index in [2.05, 4.69) is 17.3 Å². The van der Waals surface area contributed by atoms with Gasteiger partial charge in [-0.15, -0.1) is 0 Å². The van der Waals surface area contributed by atoms with Gasteiger partial charge in [0.15, 0.2) is 0 Å². The summed E-state index contributed by atoms with van der Waals surface area (Å²) in [4.78, 5) is 5.63. The first kappa shape index (κ1) is 23.1. The third-order valence-corrected chi connectivity index (χ3v) is 6.02. The van der Waals surface area contributed by atoms with Crippen molar-refractivity contribution >= 4 is 13.5 Å². The molecule has 0 saturated carbocycles. The van der Waals surface area contributed by atoms with Crippen LogP contribution in [-0.4, -0.2) is 31.1 Å². The van der Waals surface area contributed by atoms with Crippen molar-refractivity contribution in [2.75, 3.05) is 19.8 Å². The predicted octanol–water partition coefficient (Wildman–Crippen LogP) is 6.08. The third-order valence-electron chi connectivity index (χ3n) is 4.58. The lowest BCUT2D eigenvalue weighted by molar-refractivity contribution is -0.0343. The van der Waals surface area contributed by atoms with Gasteiger partial charge in [-0.05, 0) is 32.3 Å². The standard InChI is InChI=1S/C21H34NO5P/c1-5-7-14-24-28(23,25-15-8-6-2)26-17-20-19(16-21(3,4)27-22-20)18-12-10-9-11-13-18/h9-13,19H,5-8,14-17H2,1-4H3. The highest BCUT2D eigenvalue weighted by molar-refractivity contribution is 7.48. The molecule has 158 valence electrons. The number of oxime groups is 1. The second kappa shape index (κ2) is 11.1. The monoisotopic (exact) mass is 411 g/mol. The molecule has 1 aromatic rings. The van der Waals surface area contributed by atoms with Crippen LogP contribution in [0, 0.1) is 0 Å². The molecule has 1 aliphatic rings.